The van der Waals surface area contributed by atoms with E-state index < -0.39 is 5.60 Å². The zero-order valence-corrected chi connectivity index (χ0v) is 11.0. The molecule has 1 rings (SSSR count). The molecule has 0 aliphatic heterocycles. The van der Waals surface area contributed by atoms with Crippen molar-refractivity contribution in [1.29, 1.82) is 0 Å². The van der Waals surface area contributed by atoms with Gasteiger partial charge in [0.2, 0.25) is 0 Å². The van der Waals surface area contributed by atoms with Gasteiger partial charge in [0.1, 0.15) is 0 Å². The Hall–Kier alpha value is -0.570. The third-order valence-electron chi connectivity index (χ3n) is 3.62. The maximum Gasteiger partial charge on any atom is 0.0706 e. The van der Waals surface area contributed by atoms with Crippen LogP contribution >= 0.6 is 0 Å². The van der Waals surface area contributed by atoms with Crippen molar-refractivity contribution in [1.82, 2.24) is 0 Å². The number of nitrogens with zero attached hydrogens (tertiary/aromatic N) is 1. The molecular weight excluding hydrogens is 202 g/mol. The smallest absolute Gasteiger partial charge is 0.0706 e. The first-order valence-corrected chi connectivity index (χ1v) is 6.25. The Morgan fingerprint density at radius 2 is 2.00 bits per heavy atom. The zero-order chi connectivity index (χ0) is 12.4. The van der Waals surface area contributed by atoms with Gasteiger partial charge < -0.3 is 10.3 Å². The summed E-state index contributed by atoms with van der Waals surface area (Å²) in [5.41, 5.74) is 0.0569. The van der Waals surface area contributed by atoms with Crippen molar-refractivity contribution in [2.24, 2.45) is 16.5 Å². The van der Waals surface area contributed by atoms with Gasteiger partial charge >= 0.3 is 0 Å². The number of hydrogen-bond acceptors (Lipinski definition) is 3. The molecule has 0 radical (unpaired) electrons. The van der Waals surface area contributed by atoms with Gasteiger partial charge in [0.15, 0.2) is 0 Å². The number of unbranched alkanes of at least 4 members (excludes halogenated alkanes) is 1. The molecule has 0 aromatic carbocycles. The Morgan fingerprint density at radius 3 is 2.50 bits per heavy atom. The second kappa shape index (κ2) is 4.74. The van der Waals surface area contributed by atoms with Gasteiger partial charge in [0.25, 0.3) is 0 Å². The van der Waals surface area contributed by atoms with Crippen molar-refractivity contribution >= 4 is 5.71 Å². The van der Waals surface area contributed by atoms with Gasteiger partial charge in [-0.15, -0.1) is 0 Å². The molecule has 2 N–H and O–H groups in total. The van der Waals surface area contributed by atoms with Crippen LogP contribution in [-0.2, 0) is 0 Å². The fourth-order valence-electron chi connectivity index (χ4n) is 3.12. The van der Waals surface area contributed by atoms with Crippen LogP contribution in [0.3, 0.4) is 0 Å². The van der Waals surface area contributed by atoms with Gasteiger partial charge in [0, 0.05) is 5.92 Å². The van der Waals surface area contributed by atoms with Crippen molar-refractivity contribution in [3.63, 3.8) is 0 Å². The molecule has 0 bridgehead atoms. The Bertz CT molecular complexity index is 269. The zero-order valence-electron chi connectivity index (χ0n) is 11.0. The fourth-order valence-corrected chi connectivity index (χ4v) is 3.12. The Kier molecular flexibility index (Phi) is 4.00. The van der Waals surface area contributed by atoms with Crippen LogP contribution in [0.2, 0.25) is 0 Å². The molecule has 0 saturated heterocycles. The van der Waals surface area contributed by atoms with E-state index in [-0.39, 0.29) is 11.3 Å². The summed E-state index contributed by atoms with van der Waals surface area (Å²) in [4.78, 5) is 0. The number of hydrogen-bond donors (Lipinski definition) is 2. The molecule has 16 heavy (non-hydrogen) atoms. The maximum absolute atomic E-state index is 10.5. The topological polar surface area (TPSA) is 52.8 Å². The van der Waals surface area contributed by atoms with Crippen LogP contribution in [-0.4, -0.2) is 21.6 Å². The summed E-state index contributed by atoms with van der Waals surface area (Å²) >= 11 is 0. The van der Waals surface area contributed by atoms with Crippen LogP contribution in [0.15, 0.2) is 5.16 Å². The molecule has 0 amide bonds. The van der Waals surface area contributed by atoms with Gasteiger partial charge in [0.05, 0.1) is 11.3 Å². The average Bonchev–Trinajstić information content (AvgIpc) is 2.12. The monoisotopic (exact) mass is 227 g/mol. The molecule has 1 fully saturated rings. The van der Waals surface area contributed by atoms with Crippen molar-refractivity contribution in [3.8, 4) is 0 Å². The standard InChI is InChI=1S/C13H25NO2/c1-5-6-7-10-11(14-16)8-12(2,3)9-13(10,4)15/h10,15-16H,5-9H2,1-4H3/b14-11-. The first-order valence-electron chi connectivity index (χ1n) is 6.25. The minimum Gasteiger partial charge on any atom is -0.411 e. The van der Waals surface area contributed by atoms with Crippen molar-refractivity contribution in [2.45, 2.75) is 65.4 Å². The molecule has 94 valence electrons. The first-order chi connectivity index (χ1) is 7.32. The van der Waals surface area contributed by atoms with Crippen LogP contribution in [0.4, 0.5) is 0 Å². The minimum atomic E-state index is -0.738. The lowest BCUT2D eigenvalue weighted by Gasteiger charge is -2.45. The van der Waals surface area contributed by atoms with Crippen LogP contribution in [0, 0.1) is 11.3 Å². The first kappa shape index (κ1) is 13.5. The van der Waals surface area contributed by atoms with Crippen LogP contribution in [0.1, 0.15) is 59.8 Å². The molecular formula is C13H25NO2. The van der Waals surface area contributed by atoms with E-state index in [9.17, 15) is 5.11 Å². The van der Waals surface area contributed by atoms with E-state index >= 15 is 0 Å². The van der Waals surface area contributed by atoms with E-state index in [2.05, 4.69) is 25.9 Å². The van der Waals surface area contributed by atoms with E-state index in [0.717, 1.165) is 37.8 Å². The number of oxime groups is 1. The predicted molar refractivity (Wildman–Crippen MR) is 65.9 cm³/mol. The lowest BCUT2D eigenvalue weighted by molar-refractivity contribution is -0.0317. The largest absolute Gasteiger partial charge is 0.411 e. The molecule has 2 unspecified atom stereocenters. The molecule has 2 atom stereocenters. The number of rotatable bonds is 3. The molecule has 0 spiro atoms. The van der Waals surface area contributed by atoms with Gasteiger partial charge in [-0.05, 0) is 31.6 Å². The van der Waals surface area contributed by atoms with Crippen molar-refractivity contribution in [2.75, 3.05) is 0 Å². The summed E-state index contributed by atoms with van der Waals surface area (Å²) in [6.07, 6.45) is 4.65. The number of aliphatic hydroxyl groups is 1. The lowest BCUT2D eigenvalue weighted by Crippen LogP contribution is -2.49. The Balaban J connectivity index is 2.87. The summed E-state index contributed by atoms with van der Waals surface area (Å²) in [7, 11) is 0. The maximum atomic E-state index is 10.5. The highest BCUT2D eigenvalue weighted by molar-refractivity contribution is 5.88. The third kappa shape index (κ3) is 2.97. The quantitative estimate of drug-likeness (QED) is 0.574. The van der Waals surface area contributed by atoms with Crippen LogP contribution < -0.4 is 0 Å². The van der Waals surface area contributed by atoms with Gasteiger partial charge in [-0.25, -0.2) is 0 Å². The molecule has 1 aliphatic carbocycles. The van der Waals surface area contributed by atoms with Crippen molar-refractivity contribution < 1.29 is 10.3 Å². The molecule has 0 heterocycles. The molecule has 3 nitrogen and oxygen atoms in total. The SMILES string of the molecule is CCCCC1/C(=N\O)CC(C)(C)CC1(C)O. The molecule has 3 heteroatoms. The molecule has 0 aromatic rings. The Morgan fingerprint density at radius 1 is 1.38 bits per heavy atom. The Labute approximate surface area is 98.6 Å². The summed E-state index contributed by atoms with van der Waals surface area (Å²) in [5, 5.41) is 23.0. The minimum absolute atomic E-state index is 0.0190. The van der Waals surface area contributed by atoms with E-state index in [4.69, 9.17) is 5.21 Å². The summed E-state index contributed by atoms with van der Waals surface area (Å²) in [6, 6.07) is 0. The van der Waals surface area contributed by atoms with E-state index in [0.29, 0.717) is 0 Å². The second-order valence-electron chi connectivity index (χ2n) is 6.16. The highest BCUT2D eigenvalue weighted by Crippen LogP contribution is 2.44. The molecule has 1 saturated carbocycles. The summed E-state index contributed by atoms with van der Waals surface area (Å²) in [6.45, 7) is 8.24. The van der Waals surface area contributed by atoms with Gasteiger partial charge in [-0.1, -0.05) is 38.8 Å². The fraction of sp³-hybridized carbons (Fsp3) is 0.923. The van der Waals surface area contributed by atoms with E-state index in [1.807, 2.05) is 6.92 Å². The third-order valence-corrected chi connectivity index (χ3v) is 3.62. The molecule has 1 aliphatic rings. The predicted octanol–water partition coefficient (Wildman–Crippen LogP) is 3.19. The highest BCUT2D eigenvalue weighted by atomic mass is 16.4. The summed E-state index contributed by atoms with van der Waals surface area (Å²) in [5.74, 6) is 0.0190. The normalized spacial score (nSPS) is 36.6. The lowest BCUT2D eigenvalue weighted by atomic mass is 9.63. The van der Waals surface area contributed by atoms with E-state index in [1.54, 1.807) is 0 Å². The highest BCUT2D eigenvalue weighted by Gasteiger charge is 2.45. The van der Waals surface area contributed by atoms with Gasteiger partial charge in [-0.2, -0.15) is 0 Å². The second-order valence-corrected chi connectivity index (χ2v) is 6.16. The van der Waals surface area contributed by atoms with E-state index in [1.165, 1.54) is 0 Å². The van der Waals surface area contributed by atoms with Crippen molar-refractivity contribution in [3.05, 3.63) is 0 Å². The van der Waals surface area contributed by atoms with Crippen LogP contribution in [0.25, 0.3) is 0 Å². The molecule has 0 aromatic heterocycles. The van der Waals surface area contributed by atoms with Gasteiger partial charge in [-0.3, -0.25) is 0 Å². The average molecular weight is 227 g/mol. The summed E-state index contributed by atoms with van der Waals surface area (Å²) < 4.78 is 0. The van der Waals surface area contributed by atoms with Crippen LogP contribution in [0.5, 0.6) is 0 Å².